The first-order chi connectivity index (χ1) is 15.3. The number of carbonyl (C=O) groups excluding carboxylic acids is 2. The molecule has 2 unspecified atom stereocenters. The molecule has 2 atom stereocenters. The fraction of sp³-hybridized carbons (Fsp3) is 0.348. The molecule has 0 spiro atoms. The van der Waals surface area contributed by atoms with Gasteiger partial charge in [0, 0.05) is 30.6 Å². The van der Waals surface area contributed by atoms with Gasteiger partial charge in [-0.3, -0.25) is 9.59 Å². The van der Waals surface area contributed by atoms with Crippen LogP contribution in [0, 0.1) is 11.7 Å². The van der Waals surface area contributed by atoms with Gasteiger partial charge < -0.3 is 9.64 Å². The lowest BCUT2D eigenvalue weighted by molar-refractivity contribution is -0.140. The van der Waals surface area contributed by atoms with Crippen molar-refractivity contribution in [2.75, 3.05) is 13.1 Å². The highest BCUT2D eigenvalue weighted by Gasteiger charge is 2.37. The predicted octanol–water partition coefficient (Wildman–Crippen LogP) is 3.28. The third-order valence-corrected chi connectivity index (χ3v) is 7.62. The van der Waals surface area contributed by atoms with Crippen molar-refractivity contribution in [1.82, 2.24) is 4.90 Å². The molecular weight excluding hydrogens is 435 g/mol. The largest absolute Gasteiger partial charge is 0.425 e. The molecule has 1 aliphatic carbocycles. The Morgan fingerprint density at radius 3 is 2.81 bits per heavy atom. The van der Waals surface area contributed by atoms with Crippen molar-refractivity contribution in [3.8, 4) is 5.75 Å². The van der Waals surface area contributed by atoms with E-state index in [-0.39, 0.29) is 40.9 Å². The van der Waals surface area contributed by atoms with Gasteiger partial charge in [-0.15, -0.1) is 4.40 Å². The second-order valence-electron chi connectivity index (χ2n) is 8.45. The molecule has 0 saturated carbocycles. The SMILES string of the molecule is CC1CC(=O)c2c(OC(=O)C3CCCN(C4=NS(=O)(=O)c5ccccc54)C3)ccc(F)c21. The fourth-order valence-electron chi connectivity index (χ4n) is 4.78. The maximum atomic E-state index is 14.2. The Morgan fingerprint density at radius 2 is 2.00 bits per heavy atom. The number of hydrogen-bond acceptors (Lipinski definition) is 6. The van der Waals surface area contributed by atoms with E-state index in [4.69, 9.17) is 4.74 Å². The highest BCUT2D eigenvalue weighted by molar-refractivity contribution is 7.90. The molecular formula is C23H21FN2O5S. The third kappa shape index (κ3) is 3.31. The number of rotatable bonds is 2. The number of benzene rings is 2. The Bertz CT molecular complexity index is 1290. The number of carbonyl (C=O) groups is 2. The lowest BCUT2D eigenvalue weighted by Crippen LogP contribution is -2.43. The van der Waals surface area contributed by atoms with Crippen molar-refractivity contribution in [3.63, 3.8) is 0 Å². The summed E-state index contributed by atoms with van der Waals surface area (Å²) < 4.78 is 48.5. The number of piperidine rings is 1. The van der Waals surface area contributed by atoms with E-state index in [0.29, 0.717) is 36.3 Å². The highest BCUT2D eigenvalue weighted by Crippen LogP contribution is 2.40. The number of ether oxygens (including phenoxy) is 1. The molecule has 0 amide bonds. The quantitative estimate of drug-likeness (QED) is 0.509. The second kappa shape index (κ2) is 7.51. The van der Waals surface area contributed by atoms with Crippen molar-refractivity contribution < 1.29 is 27.1 Å². The van der Waals surface area contributed by atoms with Gasteiger partial charge in [-0.05, 0) is 43.0 Å². The molecule has 0 aromatic heterocycles. The number of amidine groups is 1. The normalized spacial score (nSPS) is 23.5. The molecule has 0 bridgehead atoms. The molecule has 1 saturated heterocycles. The number of halogens is 1. The van der Waals surface area contributed by atoms with Crippen molar-refractivity contribution in [2.45, 2.75) is 37.0 Å². The summed E-state index contributed by atoms with van der Waals surface area (Å²) in [5.41, 5.74) is 0.976. The summed E-state index contributed by atoms with van der Waals surface area (Å²) >= 11 is 0. The average Bonchev–Trinajstić information content (AvgIpc) is 3.23. The van der Waals surface area contributed by atoms with Gasteiger partial charge in [-0.1, -0.05) is 19.1 Å². The summed E-state index contributed by atoms with van der Waals surface area (Å²) in [5.74, 6) is -1.59. The van der Waals surface area contributed by atoms with Crippen LogP contribution in [0.4, 0.5) is 4.39 Å². The van der Waals surface area contributed by atoms with Crippen LogP contribution in [0.15, 0.2) is 45.7 Å². The second-order valence-corrected chi connectivity index (χ2v) is 10.0. The number of Topliss-reactive ketones (excluding diaryl/α,β-unsaturated/α-hetero) is 1. The molecule has 2 heterocycles. The standard InChI is InChI=1S/C23H21FN2O5S/c1-13-11-17(27)21-18(9-8-16(24)20(13)21)31-23(28)14-5-4-10-26(12-14)22-15-6-2-3-7-19(15)32(29,30)25-22/h2-3,6-9,13-14H,4-5,10-12H2,1H3. The molecule has 32 heavy (non-hydrogen) atoms. The summed E-state index contributed by atoms with van der Waals surface area (Å²) in [6.07, 6.45) is 1.40. The zero-order chi connectivity index (χ0) is 22.6. The van der Waals surface area contributed by atoms with E-state index in [9.17, 15) is 22.4 Å². The van der Waals surface area contributed by atoms with E-state index in [1.807, 2.05) is 0 Å². The topological polar surface area (TPSA) is 93.1 Å². The maximum absolute atomic E-state index is 14.2. The Hall–Kier alpha value is -3.07. The summed E-state index contributed by atoms with van der Waals surface area (Å²) in [4.78, 5) is 27.3. The number of likely N-dealkylation sites (tertiary alicyclic amines) is 1. The first-order valence-electron chi connectivity index (χ1n) is 10.5. The Morgan fingerprint density at radius 1 is 1.22 bits per heavy atom. The predicted molar refractivity (Wildman–Crippen MR) is 114 cm³/mol. The fourth-order valence-corrected chi connectivity index (χ4v) is 6.01. The smallest absolute Gasteiger partial charge is 0.316 e. The summed E-state index contributed by atoms with van der Waals surface area (Å²) in [6.45, 7) is 2.58. The number of fused-ring (bicyclic) bond motifs is 2. The van der Waals surface area contributed by atoms with E-state index < -0.39 is 27.7 Å². The van der Waals surface area contributed by atoms with E-state index in [2.05, 4.69) is 4.40 Å². The maximum Gasteiger partial charge on any atom is 0.316 e. The molecule has 0 N–H and O–H groups in total. The number of hydrogen-bond donors (Lipinski definition) is 0. The first-order valence-corrected chi connectivity index (χ1v) is 12.0. The number of ketones is 1. The van der Waals surface area contributed by atoms with Gasteiger partial charge in [0.05, 0.1) is 11.5 Å². The van der Waals surface area contributed by atoms with Crippen molar-refractivity contribution in [3.05, 3.63) is 58.9 Å². The van der Waals surface area contributed by atoms with E-state index in [1.165, 1.54) is 18.2 Å². The Balaban J connectivity index is 1.38. The summed E-state index contributed by atoms with van der Waals surface area (Å²) in [6, 6.07) is 9.16. The molecule has 2 aliphatic heterocycles. The molecule has 3 aliphatic rings. The monoisotopic (exact) mass is 456 g/mol. The van der Waals surface area contributed by atoms with Crippen LogP contribution >= 0.6 is 0 Å². The van der Waals surface area contributed by atoms with E-state index >= 15 is 0 Å². The molecule has 2 aromatic rings. The van der Waals surface area contributed by atoms with Gasteiger partial charge in [-0.25, -0.2) is 4.39 Å². The first kappa shape index (κ1) is 20.8. The molecule has 1 fully saturated rings. The summed E-state index contributed by atoms with van der Waals surface area (Å²) in [7, 11) is -3.76. The molecule has 0 radical (unpaired) electrons. The minimum Gasteiger partial charge on any atom is -0.425 e. The van der Waals surface area contributed by atoms with E-state index in [1.54, 1.807) is 30.0 Å². The van der Waals surface area contributed by atoms with Crippen LogP contribution in [0.3, 0.4) is 0 Å². The van der Waals surface area contributed by atoms with Crippen molar-refractivity contribution in [1.29, 1.82) is 0 Å². The Labute approximate surface area is 185 Å². The minimum atomic E-state index is -3.76. The van der Waals surface area contributed by atoms with Gasteiger partial charge in [-0.2, -0.15) is 8.42 Å². The van der Waals surface area contributed by atoms with Gasteiger partial charge in [0.2, 0.25) is 0 Å². The zero-order valence-electron chi connectivity index (χ0n) is 17.4. The van der Waals surface area contributed by atoms with Crippen molar-refractivity contribution >= 4 is 27.6 Å². The van der Waals surface area contributed by atoms with Gasteiger partial charge in [0.25, 0.3) is 10.0 Å². The van der Waals surface area contributed by atoms with Crippen LogP contribution in [-0.2, 0) is 14.8 Å². The van der Waals surface area contributed by atoms with Gasteiger partial charge in [0.15, 0.2) is 11.6 Å². The third-order valence-electron chi connectivity index (χ3n) is 6.29. The van der Waals surface area contributed by atoms with Crippen LogP contribution in [0.5, 0.6) is 5.75 Å². The van der Waals surface area contributed by atoms with Crippen LogP contribution in [-0.4, -0.2) is 44.0 Å². The number of esters is 1. The highest BCUT2D eigenvalue weighted by atomic mass is 32.2. The van der Waals surface area contributed by atoms with Crippen LogP contribution in [0.2, 0.25) is 0 Å². The van der Waals surface area contributed by atoms with Crippen molar-refractivity contribution in [2.24, 2.45) is 10.3 Å². The molecule has 9 heteroatoms. The number of nitrogens with zero attached hydrogens (tertiary/aromatic N) is 2. The molecule has 7 nitrogen and oxygen atoms in total. The van der Waals surface area contributed by atoms with Crippen LogP contribution < -0.4 is 4.74 Å². The molecule has 166 valence electrons. The Kier molecular flexibility index (Phi) is 4.88. The van der Waals surface area contributed by atoms with E-state index in [0.717, 1.165) is 0 Å². The van der Waals surface area contributed by atoms with Crippen LogP contribution in [0.25, 0.3) is 0 Å². The molecule has 2 aromatic carbocycles. The lowest BCUT2D eigenvalue weighted by atomic mass is 9.97. The van der Waals surface area contributed by atoms with Gasteiger partial charge >= 0.3 is 5.97 Å². The number of sulfonamides is 1. The average molecular weight is 456 g/mol. The van der Waals surface area contributed by atoms with Crippen LogP contribution in [0.1, 0.15) is 53.6 Å². The lowest BCUT2D eigenvalue weighted by Gasteiger charge is -2.33. The minimum absolute atomic E-state index is 0.0870. The van der Waals surface area contributed by atoms with Gasteiger partial charge in [0.1, 0.15) is 16.5 Å². The zero-order valence-corrected chi connectivity index (χ0v) is 18.2. The molecule has 5 rings (SSSR count). The summed E-state index contributed by atoms with van der Waals surface area (Å²) in [5, 5.41) is 0.